The zero-order valence-electron chi connectivity index (χ0n) is 12.7. The first-order chi connectivity index (χ1) is 10.4. The van der Waals surface area contributed by atoms with Crippen molar-refractivity contribution in [3.05, 3.63) is 46.4 Å². The Kier molecular flexibility index (Phi) is 4.92. The van der Waals surface area contributed by atoms with Gasteiger partial charge in [0.15, 0.2) is 0 Å². The number of nitrogens with one attached hydrogen (secondary N) is 1. The van der Waals surface area contributed by atoms with E-state index in [9.17, 15) is 4.79 Å². The van der Waals surface area contributed by atoms with Gasteiger partial charge in [0.05, 0.1) is 23.0 Å². The predicted octanol–water partition coefficient (Wildman–Crippen LogP) is 3.36. The highest BCUT2D eigenvalue weighted by Gasteiger charge is 2.12. The average molecular weight is 364 g/mol. The second-order valence-electron chi connectivity index (χ2n) is 4.97. The fourth-order valence-corrected chi connectivity index (χ4v) is 2.59. The van der Waals surface area contributed by atoms with Gasteiger partial charge >= 0.3 is 0 Å². The summed E-state index contributed by atoms with van der Waals surface area (Å²) in [6.45, 7) is 0. The molecular weight excluding hydrogens is 346 g/mol. The van der Waals surface area contributed by atoms with Gasteiger partial charge in [-0.1, -0.05) is 0 Å². The molecule has 0 aliphatic heterocycles. The highest BCUT2D eigenvalue weighted by molar-refractivity contribution is 9.10. The van der Waals surface area contributed by atoms with Gasteiger partial charge in [-0.15, -0.1) is 0 Å². The summed E-state index contributed by atoms with van der Waals surface area (Å²) in [5, 5.41) is 2.89. The lowest BCUT2D eigenvalue weighted by atomic mass is 10.1. The second-order valence-corrected chi connectivity index (χ2v) is 5.83. The van der Waals surface area contributed by atoms with Crippen LogP contribution < -0.4 is 20.7 Å². The number of hydrogen-bond acceptors (Lipinski definition) is 4. The molecule has 1 amide bonds. The number of amides is 1. The molecule has 0 heterocycles. The van der Waals surface area contributed by atoms with Crippen LogP contribution >= 0.6 is 15.9 Å². The molecule has 2 aromatic carbocycles. The van der Waals surface area contributed by atoms with Crippen LogP contribution in [0.2, 0.25) is 0 Å². The molecule has 0 saturated carbocycles. The molecule has 0 fully saturated rings. The van der Waals surface area contributed by atoms with Crippen LogP contribution in [-0.2, 0) is 0 Å². The van der Waals surface area contributed by atoms with Gasteiger partial charge in [-0.3, -0.25) is 4.79 Å². The number of methoxy groups -OCH3 is 1. The summed E-state index contributed by atoms with van der Waals surface area (Å²) in [5.41, 5.74) is 8.48. The maximum absolute atomic E-state index is 12.4. The number of halogens is 1. The Bertz CT molecular complexity index is 702. The number of nitrogens with zero attached hydrogens (tertiary/aromatic N) is 1. The normalized spacial score (nSPS) is 10.2. The summed E-state index contributed by atoms with van der Waals surface area (Å²) in [6, 6.07) is 10.6. The number of rotatable bonds is 4. The summed E-state index contributed by atoms with van der Waals surface area (Å²) in [6.07, 6.45) is 0. The molecule has 0 aliphatic rings. The maximum atomic E-state index is 12.4. The van der Waals surface area contributed by atoms with Gasteiger partial charge in [-0.05, 0) is 52.3 Å². The van der Waals surface area contributed by atoms with Crippen molar-refractivity contribution in [1.82, 2.24) is 0 Å². The van der Waals surface area contributed by atoms with Gasteiger partial charge in [0.25, 0.3) is 5.91 Å². The molecular formula is C16H18BrN3O2. The number of nitrogen functional groups attached to an aromatic ring is 1. The summed E-state index contributed by atoms with van der Waals surface area (Å²) in [5.74, 6) is 0.464. The largest absolute Gasteiger partial charge is 0.496 e. The molecule has 2 rings (SSSR count). The summed E-state index contributed by atoms with van der Waals surface area (Å²) >= 11 is 3.38. The van der Waals surface area contributed by atoms with E-state index in [2.05, 4.69) is 21.2 Å². The third-order valence-corrected chi connectivity index (χ3v) is 3.78. The first kappa shape index (κ1) is 16.2. The van der Waals surface area contributed by atoms with Crippen molar-refractivity contribution in [2.45, 2.75) is 0 Å². The Morgan fingerprint density at radius 1 is 1.23 bits per heavy atom. The zero-order chi connectivity index (χ0) is 16.3. The molecule has 22 heavy (non-hydrogen) atoms. The fraction of sp³-hybridized carbons (Fsp3) is 0.188. The monoisotopic (exact) mass is 363 g/mol. The fourth-order valence-electron chi connectivity index (χ4n) is 2.05. The molecule has 0 atom stereocenters. The molecule has 6 heteroatoms. The van der Waals surface area contributed by atoms with Gasteiger partial charge in [0, 0.05) is 25.3 Å². The molecule has 0 aliphatic carbocycles. The van der Waals surface area contributed by atoms with E-state index >= 15 is 0 Å². The van der Waals surface area contributed by atoms with Crippen molar-refractivity contribution in [3.8, 4) is 5.75 Å². The van der Waals surface area contributed by atoms with Crippen LogP contribution in [0.25, 0.3) is 0 Å². The first-order valence-corrected chi connectivity index (χ1v) is 7.43. The number of hydrogen-bond donors (Lipinski definition) is 2. The lowest BCUT2D eigenvalue weighted by Gasteiger charge is -2.18. The van der Waals surface area contributed by atoms with Gasteiger partial charge < -0.3 is 20.7 Å². The molecule has 116 valence electrons. The van der Waals surface area contributed by atoms with Gasteiger partial charge in [0.2, 0.25) is 0 Å². The highest BCUT2D eigenvalue weighted by Crippen LogP contribution is 2.29. The smallest absolute Gasteiger partial charge is 0.255 e. The van der Waals surface area contributed by atoms with Crippen molar-refractivity contribution in [2.75, 3.05) is 37.2 Å². The van der Waals surface area contributed by atoms with Crippen molar-refractivity contribution in [1.29, 1.82) is 0 Å². The zero-order valence-corrected chi connectivity index (χ0v) is 14.3. The Morgan fingerprint density at radius 2 is 1.95 bits per heavy atom. The van der Waals surface area contributed by atoms with E-state index in [0.717, 1.165) is 10.2 Å². The first-order valence-electron chi connectivity index (χ1n) is 6.64. The minimum absolute atomic E-state index is 0.211. The van der Waals surface area contributed by atoms with E-state index in [1.54, 1.807) is 37.4 Å². The summed E-state index contributed by atoms with van der Waals surface area (Å²) < 4.78 is 5.89. The minimum atomic E-state index is -0.211. The molecule has 0 saturated heterocycles. The number of carbonyl (C=O) groups excluding carboxylic acids is 1. The third kappa shape index (κ3) is 3.51. The summed E-state index contributed by atoms with van der Waals surface area (Å²) in [7, 11) is 5.40. The van der Waals surface area contributed by atoms with Gasteiger partial charge in [-0.2, -0.15) is 0 Å². The Hall–Kier alpha value is -2.21. The van der Waals surface area contributed by atoms with E-state index in [0.29, 0.717) is 22.7 Å². The van der Waals surface area contributed by atoms with Crippen LogP contribution in [0.5, 0.6) is 5.75 Å². The lowest BCUT2D eigenvalue weighted by Crippen LogP contribution is -2.17. The predicted molar refractivity (Wildman–Crippen MR) is 93.8 cm³/mol. The number of nitrogens with two attached hydrogens (primary N) is 1. The van der Waals surface area contributed by atoms with Gasteiger partial charge in [-0.25, -0.2) is 0 Å². The van der Waals surface area contributed by atoms with Crippen LogP contribution in [-0.4, -0.2) is 27.1 Å². The molecule has 0 bridgehead atoms. The molecule has 0 radical (unpaired) electrons. The summed E-state index contributed by atoms with van der Waals surface area (Å²) in [4.78, 5) is 14.3. The van der Waals surface area contributed by atoms with Crippen molar-refractivity contribution in [3.63, 3.8) is 0 Å². The molecule has 2 aromatic rings. The average Bonchev–Trinajstić information content (AvgIpc) is 2.46. The Balaban J connectivity index is 2.29. The van der Waals surface area contributed by atoms with E-state index in [4.69, 9.17) is 10.5 Å². The second kappa shape index (κ2) is 6.70. The van der Waals surface area contributed by atoms with E-state index in [1.807, 2.05) is 25.1 Å². The SMILES string of the molecule is COc1ccc(C(=O)Nc2cc(N)ccc2N(C)C)cc1Br. The quantitative estimate of drug-likeness (QED) is 0.817. The lowest BCUT2D eigenvalue weighted by molar-refractivity contribution is 0.102. The van der Waals surface area contributed by atoms with Crippen LogP contribution in [0.3, 0.4) is 0 Å². The maximum Gasteiger partial charge on any atom is 0.255 e. The van der Waals surface area contributed by atoms with Crippen LogP contribution in [0.15, 0.2) is 40.9 Å². The number of carbonyl (C=O) groups is 1. The standard InChI is InChI=1S/C16H18BrN3O2/c1-20(2)14-6-5-11(18)9-13(14)19-16(21)10-4-7-15(22-3)12(17)8-10/h4-9H,18H2,1-3H3,(H,19,21). The van der Waals surface area contributed by atoms with Crippen molar-refractivity contribution < 1.29 is 9.53 Å². The Morgan fingerprint density at radius 3 is 2.55 bits per heavy atom. The van der Waals surface area contributed by atoms with E-state index < -0.39 is 0 Å². The number of anilines is 3. The third-order valence-electron chi connectivity index (χ3n) is 3.16. The topological polar surface area (TPSA) is 67.6 Å². The van der Waals surface area contributed by atoms with Crippen LogP contribution in [0.1, 0.15) is 10.4 Å². The molecule has 0 spiro atoms. The number of ether oxygens (including phenoxy) is 1. The Labute approximate surface area is 138 Å². The van der Waals surface area contributed by atoms with E-state index in [-0.39, 0.29) is 5.91 Å². The molecule has 5 nitrogen and oxygen atoms in total. The van der Waals surface area contributed by atoms with Crippen molar-refractivity contribution >= 4 is 38.9 Å². The van der Waals surface area contributed by atoms with Gasteiger partial charge in [0.1, 0.15) is 5.75 Å². The van der Waals surface area contributed by atoms with Crippen LogP contribution in [0.4, 0.5) is 17.1 Å². The van der Waals surface area contributed by atoms with Crippen LogP contribution in [0, 0.1) is 0 Å². The highest BCUT2D eigenvalue weighted by atomic mass is 79.9. The van der Waals surface area contributed by atoms with E-state index in [1.165, 1.54) is 0 Å². The molecule has 3 N–H and O–H groups in total. The van der Waals surface area contributed by atoms with Crippen molar-refractivity contribution in [2.24, 2.45) is 0 Å². The molecule has 0 aromatic heterocycles. The number of benzene rings is 2. The molecule has 0 unspecified atom stereocenters. The minimum Gasteiger partial charge on any atom is -0.496 e.